The molecule has 6 heteroatoms. The fourth-order valence-corrected chi connectivity index (χ4v) is 3.91. The maximum Gasteiger partial charge on any atom is 0.166 e. The van der Waals surface area contributed by atoms with Gasteiger partial charge in [-0.1, -0.05) is 29.8 Å². The molecule has 0 aliphatic heterocycles. The Morgan fingerprint density at radius 3 is 2.44 bits per heavy atom. The first-order valence-electron chi connectivity index (χ1n) is 8.32. The molecule has 2 aromatic heterocycles. The Bertz CT molecular complexity index is 922. The minimum Gasteiger partial charge on any atom is -0.393 e. The third kappa shape index (κ3) is 2.54. The second kappa shape index (κ2) is 5.53. The zero-order chi connectivity index (χ0) is 17.8. The van der Waals surface area contributed by atoms with Crippen LogP contribution in [0.4, 0.5) is 0 Å². The predicted octanol–water partition coefficient (Wildman–Crippen LogP) is 3.05. The van der Waals surface area contributed by atoms with Gasteiger partial charge in [0.2, 0.25) is 0 Å². The molecule has 5 nitrogen and oxygen atoms in total. The summed E-state index contributed by atoms with van der Waals surface area (Å²) in [7, 11) is 0. The summed E-state index contributed by atoms with van der Waals surface area (Å²) in [6.07, 6.45) is 2.72. The first kappa shape index (κ1) is 16.5. The Hall–Kier alpha value is -1.95. The molecular weight excluding hydrogens is 338 g/mol. The molecule has 3 aromatic rings. The van der Waals surface area contributed by atoms with E-state index in [4.69, 9.17) is 11.6 Å². The number of hydrogen-bond donors (Lipinski definition) is 2. The van der Waals surface area contributed by atoms with Gasteiger partial charge in [-0.3, -0.25) is 4.40 Å². The molecule has 1 aromatic carbocycles. The highest BCUT2D eigenvalue weighted by Gasteiger charge is 2.49. The molecule has 2 heterocycles. The number of fused-ring (bicyclic) bond motifs is 1. The summed E-state index contributed by atoms with van der Waals surface area (Å²) in [6.45, 7) is 3.47. The second-order valence-corrected chi connectivity index (χ2v) is 7.79. The Morgan fingerprint density at radius 1 is 1.16 bits per heavy atom. The van der Waals surface area contributed by atoms with Crippen LogP contribution >= 0.6 is 11.6 Å². The predicted molar refractivity (Wildman–Crippen MR) is 95.7 cm³/mol. The van der Waals surface area contributed by atoms with Crippen LogP contribution < -0.4 is 0 Å². The molecule has 0 saturated heterocycles. The summed E-state index contributed by atoms with van der Waals surface area (Å²) in [5, 5.41) is 29.9. The molecular formula is C19H20ClN3O2. The van der Waals surface area contributed by atoms with Gasteiger partial charge in [-0.05, 0) is 50.5 Å². The van der Waals surface area contributed by atoms with E-state index in [0.717, 1.165) is 17.0 Å². The molecule has 130 valence electrons. The summed E-state index contributed by atoms with van der Waals surface area (Å²) in [5.41, 5.74) is 1.01. The third-order valence-electron chi connectivity index (χ3n) is 5.09. The van der Waals surface area contributed by atoms with Gasteiger partial charge >= 0.3 is 0 Å². The number of aromatic nitrogens is 3. The topological polar surface area (TPSA) is 70.7 Å². The van der Waals surface area contributed by atoms with Gasteiger partial charge in [0.15, 0.2) is 5.65 Å². The minimum atomic E-state index is -1.01. The van der Waals surface area contributed by atoms with Gasteiger partial charge in [-0.2, -0.15) is 0 Å². The summed E-state index contributed by atoms with van der Waals surface area (Å²) in [5.74, 6) is 0.779. The number of benzene rings is 1. The molecule has 0 atom stereocenters. The minimum absolute atomic E-state index is 0.361. The SMILES string of the molecule is CC(C)(O)c1cccn2c1nnc2[C@]1(c2ccc(Cl)cc2)C[C@H](O)C1. The van der Waals surface area contributed by atoms with Gasteiger partial charge in [-0.15, -0.1) is 10.2 Å². The molecule has 0 amide bonds. The van der Waals surface area contributed by atoms with Crippen molar-refractivity contribution in [3.63, 3.8) is 0 Å². The van der Waals surface area contributed by atoms with Gasteiger partial charge in [0.05, 0.1) is 17.1 Å². The smallest absolute Gasteiger partial charge is 0.166 e. The second-order valence-electron chi connectivity index (χ2n) is 7.35. The van der Waals surface area contributed by atoms with Gasteiger partial charge in [0.1, 0.15) is 5.82 Å². The number of rotatable bonds is 3. The average Bonchev–Trinajstić information content (AvgIpc) is 2.95. The first-order chi connectivity index (χ1) is 11.8. The molecule has 0 radical (unpaired) electrons. The molecule has 25 heavy (non-hydrogen) atoms. The van der Waals surface area contributed by atoms with Crippen LogP contribution in [0.2, 0.25) is 5.02 Å². The van der Waals surface area contributed by atoms with Crippen molar-refractivity contribution >= 4 is 17.2 Å². The Kier molecular flexibility index (Phi) is 3.65. The highest BCUT2D eigenvalue weighted by Crippen LogP contribution is 2.48. The van der Waals surface area contributed by atoms with Crippen LogP contribution in [0.25, 0.3) is 5.65 Å². The van der Waals surface area contributed by atoms with E-state index >= 15 is 0 Å². The molecule has 1 aliphatic rings. The Morgan fingerprint density at radius 2 is 1.84 bits per heavy atom. The summed E-state index contributed by atoms with van der Waals surface area (Å²) >= 11 is 6.03. The van der Waals surface area contributed by atoms with E-state index in [2.05, 4.69) is 10.2 Å². The normalized spacial score (nSPS) is 23.6. The fourth-order valence-electron chi connectivity index (χ4n) is 3.78. The Labute approximate surface area is 150 Å². The van der Waals surface area contributed by atoms with E-state index in [1.807, 2.05) is 47.0 Å². The van der Waals surface area contributed by atoms with Gasteiger partial charge in [-0.25, -0.2) is 0 Å². The maximum atomic E-state index is 10.4. The van der Waals surface area contributed by atoms with Crippen LogP contribution in [-0.2, 0) is 11.0 Å². The van der Waals surface area contributed by atoms with E-state index in [-0.39, 0.29) is 6.10 Å². The van der Waals surface area contributed by atoms with E-state index < -0.39 is 11.0 Å². The van der Waals surface area contributed by atoms with Gasteiger partial charge in [0, 0.05) is 16.8 Å². The number of pyridine rings is 1. The molecule has 1 fully saturated rings. The number of halogens is 1. The number of aliphatic hydroxyl groups excluding tert-OH is 1. The number of hydrogen-bond acceptors (Lipinski definition) is 4. The molecule has 0 bridgehead atoms. The molecule has 0 unspecified atom stereocenters. The van der Waals surface area contributed by atoms with Crippen molar-refractivity contribution in [2.75, 3.05) is 0 Å². The standard InChI is InChI=1S/C19H20ClN3O2/c1-18(2,25)15-4-3-9-23-16(15)21-22-17(23)19(10-14(24)11-19)12-5-7-13(20)8-6-12/h3-9,14,24-25H,10-11H2,1-2H3/t14-,19+. The van der Waals surface area contributed by atoms with Gasteiger partial charge in [0.25, 0.3) is 0 Å². The Balaban J connectivity index is 1.91. The van der Waals surface area contributed by atoms with Crippen molar-refractivity contribution in [2.24, 2.45) is 0 Å². The van der Waals surface area contributed by atoms with Crippen LogP contribution in [0.3, 0.4) is 0 Å². The van der Waals surface area contributed by atoms with Crippen LogP contribution in [0.1, 0.15) is 43.6 Å². The summed E-state index contributed by atoms with van der Waals surface area (Å²) in [4.78, 5) is 0. The lowest BCUT2D eigenvalue weighted by molar-refractivity contribution is 0.0331. The van der Waals surface area contributed by atoms with Crippen molar-refractivity contribution in [3.05, 3.63) is 64.6 Å². The fraction of sp³-hybridized carbons (Fsp3) is 0.368. The van der Waals surface area contributed by atoms with E-state index in [1.165, 1.54) is 0 Å². The van der Waals surface area contributed by atoms with Crippen LogP contribution in [0.5, 0.6) is 0 Å². The van der Waals surface area contributed by atoms with Crippen LogP contribution in [0, 0.1) is 0 Å². The summed E-state index contributed by atoms with van der Waals surface area (Å²) in [6, 6.07) is 11.4. The van der Waals surface area contributed by atoms with Crippen molar-refractivity contribution in [2.45, 2.75) is 43.8 Å². The molecule has 0 spiro atoms. The highest BCUT2D eigenvalue weighted by molar-refractivity contribution is 6.30. The van der Waals surface area contributed by atoms with Gasteiger partial charge < -0.3 is 10.2 Å². The van der Waals surface area contributed by atoms with E-state index in [1.54, 1.807) is 13.8 Å². The maximum absolute atomic E-state index is 10.4. The number of nitrogens with zero attached hydrogens (tertiary/aromatic N) is 3. The number of aliphatic hydroxyl groups is 2. The molecule has 1 saturated carbocycles. The zero-order valence-corrected chi connectivity index (χ0v) is 14.9. The highest BCUT2D eigenvalue weighted by atomic mass is 35.5. The molecule has 1 aliphatic carbocycles. The largest absolute Gasteiger partial charge is 0.393 e. The monoisotopic (exact) mass is 357 g/mol. The quantitative estimate of drug-likeness (QED) is 0.755. The third-order valence-corrected chi connectivity index (χ3v) is 5.34. The van der Waals surface area contributed by atoms with E-state index in [0.29, 0.717) is 23.5 Å². The molecule has 2 N–H and O–H groups in total. The lowest BCUT2D eigenvalue weighted by atomic mass is 9.62. The summed E-state index contributed by atoms with van der Waals surface area (Å²) < 4.78 is 1.92. The van der Waals surface area contributed by atoms with Crippen molar-refractivity contribution in [1.29, 1.82) is 0 Å². The van der Waals surface area contributed by atoms with Crippen molar-refractivity contribution in [3.8, 4) is 0 Å². The molecule has 4 rings (SSSR count). The zero-order valence-electron chi connectivity index (χ0n) is 14.1. The average molecular weight is 358 g/mol. The van der Waals surface area contributed by atoms with Crippen molar-refractivity contribution in [1.82, 2.24) is 14.6 Å². The lowest BCUT2D eigenvalue weighted by Gasteiger charge is -2.44. The first-order valence-corrected chi connectivity index (χ1v) is 8.70. The van der Waals surface area contributed by atoms with E-state index in [9.17, 15) is 10.2 Å². The van der Waals surface area contributed by atoms with Crippen molar-refractivity contribution < 1.29 is 10.2 Å². The van der Waals surface area contributed by atoms with Crippen LogP contribution in [-0.4, -0.2) is 30.9 Å². The van der Waals surface area contributed by atoms with Crippen LogP contribution in [0.15, 0.2) is 42.6 Å². The lowest BCUT2D eigenvalue weighted by Crippen LogP contribution is -2.46.